The number of ether oxygens (including phenoxy) is 2. The van der Waals surface area contributed by atoms with Gasteiger partial charge in [-0.25, -0.2) is 0 Å². The number of pyridine rings is 1. The minimum Gasteiger partial charge on any atom is -0.435 e. The van der Waals surface area contributed by atoms with Crippen molar-refractivity contribution in [3.63, 3.8) is 0 Å². The van der Waals surface area contributed by atoms with Crippen molar-refractivity contribution in [3.05, 3.63) is 30.0 Å². The highest BCUT2D eigenvalue weighted by Crippen LogP contribution is 2.32. The third-order valence-corrected chi connectivity index (χ3v) is 4.49. The molecule has 0 bridgehead atoms. The Morgan fingerprint density at radius 3 is 2.92 bits per heavy atom. The molecule has 0 spiro atoms. The molecule has 2 unspecified atom stereocenters. The molecule has 3 rings (SSSR count). The molecular formula is C18H19F2N3O2. The van der Waals surface area contributed by atoms with Crippen LogP contribution in [0.1, 0.15) is 31.2 Å². The lowest BCUT2D eigenvalue weighted by molar-refractivity contribution is -0.0497. The van der Waals surface area contributed by atoms with Crippen LogP contribution in [0, 0.1) is 11.3 Å². The molecule has 0 aliphatic heterocycles. The molecule has 1 aliphatic carbocycles. The van der Waals surface area contributed by atoms with Gasteiger partial charge in [0.1, 0.15) is 11.8 Å². The Balaban J connectivity index is 1.97. The first-order valence-corrected chi connectivity index (χ1v) is 8.17. The maximum absolute atomic E-state index is 12.5. The number of methoxy groups -OCH3 is 1. The average molecular weight is 347 g/mol. The van der Waals surface area contributed by atoms with Crippen molar-refractivity contribution in [2.75, 3.05) is 12.4 Å². The van der Waals surface area contributed by atoms with Gasteiger partial charge in [0, 0.05) is 24.7 Å². The molecular weight excluding hydrogens is 328 g/mol. The van der Waals surface area contributed by atoms with E-state index in [1.165, 1.54) is 18.3 Å². The molecule has 0 saturated heterocycles. The second kappa shape index (κ2) is 7.62. The van der Waals surface area contributed by atoms with E-state index in [0.717, 1.165) is 25.7 Å². The molecule has 1 N–H and O–H groups in total. The van der Waals surface area contributed by atoms with Gasteiger partial charge in [-0.3, -0.25) is 4.98 Å². The van der Waals surface area contributed by atoms with E-state index >= 15 is 0 Å². The summed E-state index contributed by atoms with van der Waals surface area (Å²) in [5.74, 6) is 0.0425. The Labute approximate surface area is 144 Å². The van der Waals surface area contributed by atoms with E-state index in [1.54, 1.807) is 13.2 Å². The van der Waals surface area contributed by atoms with Crippen molar-refractivity contribution in [2.45, 2.75) is 44.4 Å². The molecule has 132 valence electrons. The minimum absolute atomic E-state index is 0.0425. The summed E-state index contributed by atoms with van der Waals surface area (Å²) in [7, 11) is 1.70. The second-order valence-corrected chi connectivity index (χ2v) is 6.08. The second-order valence-electron chi connectivity index (χ2n) is 6.08. The van der Waals surface area contributed by atoms with Crippen LogP contribution in [-0.4, -0.2) is 30.9 Å². The number of nitrogens with zero attached hydrogens (tertiary/aromatic N) is 2. The maximum Gasteiger partial charge on any atom is 0.387 e. The number of nitrogens with one attached hydrogen (secondary N) is 1. The molecule has 1 aliphatic rings. The molecule has 5 nitrogen and oxygen atoms in total. The van der Waals surface area contributed by atoms with Crippen LogP contribution in [0.3, 0.4) is 0 Å². The topological polar surface area (TPSA) is 67.2 Å². The quantitative estimate of drug-likeness (QED) is 0.883. The monoisotopic (exact) mass is 347 g/mol. The smallest absolute Gasteiger partial charge is 0.387 e. The van der Waals surface area contributed by atoms with Crippen LogP contribution < -0.4 is 10.1 Å². The minimum atomic E-state index is -2.90. The highest BCUT2D eigenvalue weighted by Gasteiger charge is 2.23. The third-order valence-electron chi connectivity index (χ3n) is 4.49. The molecule has 1 aromatic heterocycles. The van der Waals surface area contributed by atoms with Gasteiger partial charge in [-0.1, -0.05) is 0 Å². The van der Waals surface area contributed by atoms with Crippen molar-refractivity contribution in [3.8, 4) is 11.8 Å². The number of hydrogen-bond donors (Lipinski definition) is 1. The molecule has 2 aromatic rings. The van der Waals surface area contributed by atoms with Crippen molar-refractivity contribution in [1.82, 2.24) is 4.98 Å². The van der Waals surface area contributed by atoms with E-state index in [0.29, 0.717) is 22.2 Å². The number of aromatic nitrogens is 1. The molecule has 0 amide bonds. The number of fused-ring (bicyclic) bond motifs is 1. The van der Waals surface area contributed by atoms with Crippen LogP contribution in [0.25, 0.3) is 10.9 Å². The maximum atomic E-state index is 12.5. The zero-order chi connectivity index (χ0) is 17.8. The van der Waals surface area contributed by atoms with Crippen LogP contribution in [-0.2, 0) is 4.74 Å². The summed E-state index contributed by atoms with van der Waals surface area (Å²) in [6.45, 7) is -2.90. The van der Waals surface area contributed by atoms with Crippen molar-refractivity contribution < 1.29 is 18.3 Å². The standard InChI is InChI=1S/C18H19F2N3O2/c1-24-13-4-2-3-12(7-13)23-17-11(9-21)10-22-16-6-5-14(8-15(16)17)25-18(19)20/h5-6,8,10,12-13,18H,2-4,7H2,1H3,(H,22,23). The van der Waals surface area contributed by atoms with Crippen LogP contribution >= 0.6 is 0 Å². The zero-order valence-corrected chi connectivity index (χ0v) is 13.8. The van der Waals surface area contributed by atoms with E-state index in [9.17, 15) is 14.0 Å². The SMILES string of the molecule is COC1CCCC(Nc2c(C#N)cnc3ccc(OC(F)F)cc23)C1. The number of hydrogen-bond acceptors (Lipinski definition) is 5. The van der Waals surface area contributed by atoms with Gasteiger partial charge in [0.15, 0.2) is 0 Å². The van der Waals surface area contributed by atoms with Crippen LogP contribution in [0.4, 0.5) is 14.5 Å². The fourth-order valence-corrected chi connectivity index (χ4v) is 3.28. The summed E-state index contributed by atoms with van der Waals surface area (Å²) >= 11 is 0. The first-order valence-electron chi connectivity index (χ1n) is 8.17. The molecule has 7 heteroatoms. The van der Waals surface area contributed by atoms with Gasteiger partial charge in [0.05, 0.1) is 22.9 Å². The lowest BCUT2D eigenvalue weighted by Gasteiger charge is -2.30. The lowest BCUT2D eigenvalue weighted by atomic mass is 9.92. The van der Waals surface area contributed by atoms with E-state index in [2.05, 4.69) is 21.1 Å². The molecule has 25 heavy (non-hydrogen) atoms. The Bertz CT molecular complexity index is 792. The Morgan fingerprint density at radius 2 is 2.20 bits per heavy atom. The van der Waals surface area contributed by atoms with Crippen LogP contribution in [0.5, 0.6) is 5.75 Å². The lowest BCUT2D eigenvalue weighted by Crippen LogP contribution is -2.31. The predicted octanol–water partition coefficient (Wildman–Crippen LogP) is 4.08. The fraction of sp³-hybridized carbons (Fsp3) is 0.444. The fourth-order valence-electron chi connectivity index (χ4n) is 3.28. The molecule has 1 aromatic carbocycles. The number of anilines is 1. The summed E-state index contributed by atoms with van der Waals surface area (Å²) in [5.41, 5.74) is 1.59. The van der Waals surface area contributed by atoms with Gasteiger partial charge in [-0.15, -0.1) is 0 Å². The third kappa shape index (κ3) is 3.97. The van der Waals surface area contributed by atoms with Crippen LogP contribution in [0.15, 0.2) is 24.4 Å². The summed E-state index contributed by atoms with van der Waals surface area (Å²) in [6, 6.07) is 6.81. The number of rotatable bonds is 5. The Morgan fingerprint density at radius 1 is 1.36 bits per heavy atom. The van der Waals surface area contributed by atoms with Gasteiger partial charge in [-0.2, -0.15) is 14.0 Å². The molecule has 2 atom stereocenters. The van der Waals surface area contributed by atoms with Gasteiger partial charge in [0.2, 0.25) is 0 Å². The Hall–Kier alpha value is -2.46. The first kappa shape index (κ1) is 17.4. The normalized spacial score (nSPS) is 20.4. The zero-order valence-electron chi connectivity index (χ0n) is 13.8. The highest BCUT2D eigenvalue weighted by atomic mass is 19.3. The van der Waals surface area contributed by atoms with Crippen LogP contribution in [0.2, 0.25) is 0 Å². The van der Waals surface area contributed by atoms with E-state index in [4.69, 9.17) is 4.74 Å². The largest absolute Gasteiger partial charge is 0.435 e. The van der Waals surface area contributed by atoms with Gasteiger partial charge >= 0.3 is 6.61 Å². The molecule has 0 radical (unpaired) electrons. The summed E-state index contributed by atoms with van der Waals surface area (Å²) < 4.78 is 34.9. The van der Waals surface area contributed by atoms with Crippen molar-refractivity contribution >= 4 is 16.6 Å². The van der Waals surface area contributed by atoms with Crippen molar-refractivity contribution in [1.29, 1.82) is 5.26 Å². The van der Waals surface area contributed by atoms with E-state index in [-0.39, 0.29) is 17.9 Å². The molecule has 1 fully saturated rings. The molecule has 1 saturated carbocycles. The van der Waals surface area contributed by atoms with Crippen molar-refractivity contribution in [2.24, 2.45) is 0 Å². The Kier molecular flexibility index (Phi) is 5.29. The van der Waals surface area contributed by atoms with Gasteiger partial charge in [0.25, 0.3) is 0 Å². The number of nitriles is 1. The van der Waals surface area contributed by atoms with Gasteiger partial charge in [-0.05, 0) is 43.9 Å². The summed E-state index contributed by atoms with van der Waals surface area (Å²) in [6.07, 6.45) is 5.52. The average Bonchev–Trinajstić information content (AvgIpc) is 2.62. The number of alkyl halides is 2. The van der Waals surface area contributed by atoms with Gasteiger partial charge < -0.3 is 14.8 Å². The highest BCUT2D eigenvalue weighted by molar-refractivity contribution is 5.95. The number of halogens is 2. The summed E-state index contributed by atoms with van der Waals surface area (Å²) in [5, 5.41) is 13.4. The number of benzene rings is 1. The van der Waals surface area contributed by atoms with E-state index in [1.807, 2.05) is 0 Å². The predicted molar refractivity (Wildman–Crippen MR) is 89.8 cm³/mol. The first-order chi connectivity index (χ1) is 12.1. The molecule has 1 heterocycles. The van der Waals surface area contributed by atoms with E-state index < -0.39 is 6.61 Å². The summed E-state index contributed by atoms with van der Waals surface area (Å²) in [4.78, 5) is 4.23.